The molecule has 0 unspecified atom stereocenters. The Kier molecular flexibility index (Phi) is 4.58. The Bertz CT molecular complexity index is 878. The zero-order valence-corrected chi connectivity index (χ0v) is 15.3. The molecule has 0 radical (unpaired) electrons. The molecule has 24 heavy (non-hydrogen) atoms. The van der Waals surface area contributed by atoms with Gasteiger partial charge >= 0.3 is 5.97 Å². The number of hydrogen-bond acceptors (Lipinski definition) is 3. The molecule has 0 atom stereocenters. The molecule has 0 bridgehead atoms. The van der Waals surface area contributed by atoms with Crippen molar-refractivity contribution in [3.05, 3.63) is 74.8 Å². The van der Waals surface area contributed by atoms with Crippen molar-refractivity contribution in [3.8, 4) is 5.75 Å². The molecule has 0 saturated heterocycles. The standard InChI is InChI=1S/C20H17BrO3/c1-12-4-6-15(8-13(12)2)19-11-16(20(22)24-19)9-14-5-7-18(23-3)17(21)10-14/h4-11H,1-3H3/b16-9+. The number of carbonyl (C=O) groups is 1. The van der Waals surface area contributed by atoms with Gasteiger partial charge in [0.15, 0.2) is 0 Å². The van der Waals surface area contributed by atoms with Crippen LogP contribution < -0.4 is 4.74 Å². The van der Waals surface area contributed by atoms with Crippen molar-refractivity contribution in [1.82, 2.24) is 0 Å². The normalized spacial score (nSPS) is 15.4. The van der Waals surface area contributed by atoms with E-state index < -0.39 is 0 Å². The summed E-state index contributed by atoms with van der Waals surface area (Å²) in [6, 6.07) is 11.7. The van der Waals surface area contributed by atoms with Crippen LogP contribution >= 0.6 is 15.9 Å². The second kappa shape index (κ2) is 6.65. The van der Waals surface area contributed by atoms with E-state index in [1.165, 1.54) is 11.1 Å². The Morgan fingerprint density at radius 1 is 1.08 bits per heavy atom. The fourth-order valence-electron chi connectivity index (χ4n) is 2.48. The maximum absolute atomic E-state index is 12.1. The van der Waals surface area contributed by atoms with E-state index in [4.69, 9.17) is 9.47 Å². The van der Waals surface area contributed by atoms with E-state index in [-0.39, 0.29) is 5.97 Å². The molecule has 0 N–H and O–H groups in total. The van der Waals surface area contributed by atoms with E-state index >= 15 is 0 Å². The fraction of sp³-hybridized carbons (Fsp3) is 0.150. The van der Waals surface area contributed by atoms with Gasteiger partial charge in [-0.05, 0) is 76.8 Å². The smallest absolute Gasteiger partial charge is 0.343 e. The molecule has 1 aliphatic heterocycles. The largest absolute Gasteiger partial charge is 0.496 e. The second-order valence-corrected chi connectivity index (χ2v) is 6.55. The quantitative estimate of drug-likeness (QED) is 0.548. The van der Waals surface area contributed by atoms with Gasteiger partial charge < -0.3 is 9.47 Å². The summed E-state index contributed by atoms with van der Waals surface area (Å²) in [4.78, 5) is 12.1. The van der Waals surface area contributed by atoms with Crippen LogP contribution in [0.1, 0.15) is 22.3 Å². The summed E-state index contributed by atoms with van der Waals surface area (Å²) in [5, 5.41) is 0. The van der Waals surface area contributed by atoms with Crippen LogP contribution in [-0.4, -0.2) is 13.1 Å². The highest BCUT2D eigenvalue weighted by Crippen LogP contribution is 2.30. The number of halogens is 1. The summed E-state index contributed by atoms with van der Waals surface area (Å²) in [5.41, 5.74) is 4.71. The first-order chi connectivity index (χ1) is 11.5. The van der Waals surface area contributed by atoms with Crippen LogP contribution in [0.2, 0.25) is 0 Å². The van der Waals surface area contributed by atoms with Gasteiger partial charge in [-0.25, -0.2) is 4.79 Å². The molecular formula is C20H17BrO3. The van der Waals surface area contributed by atoms with Crippen molar-refractivity contribution in [1.29, 1.82) is 0 Å². The van der Waals surface area contributed by atoms with Crippen LogP contribution in [-0.2, 0) is 9.53 Å². The predicted molar refractivity (Wildman–Crippen MR) is 98.7 cm³/mol. The number of benzene rings is 2. The zero-order chi connectivity index (χ0) is 17.3. The molecule has 0 aromatic heterocycles. The number of ether oxygens (including phenoxy) is 2. The maximum Gasteiger partial charge on any atom is 0.343 e. The molecule has 0 saturated carbocycles. The highest BCUT2D eigenvalue weighted by atomic mass is 79.9. The second-order valence-electron chi connectivity index (χ2n) is 5.69. The van der Waals surface area contributed by atoms with Gasteiger partial charge in [0, 0.05) is 5.56 Å². The third-order valence-electron chi connectivity index (χ3n) is 4.01. The zero-order valence-electron chi connectivity index (χ0n) is 13.7. The first-order valence-corrected chi connectivity index (χ1v) is 8.34. The molecule has 2 aromatic rings. The van der Waals surface area contributed by atoms with Crippen molar-refractivity contribution in [2.24, 2.45) is 0 Å². The number of cyclic esters (lactones) is 1. The van der Waals surface area contributed by atoms with E-state index in [0.29, 0.717) is 11.3 Å². The third kappa shape index (κ3) is 3.29. The van der Waals surface area contributed by atoms with E-state index in [9.17, 15) is 4.79 Å². The monoisotopic (exact) mass is 384 g/mol. The minimum Gasteiger partial charge on any atom is -0.496 e. The van der Waals surface area contributed by atoms with Crippen LogP contribution in [0.3, 0.4) is 0 Å². The van der Waals surface area contributed by atoms with Crippen molar-refractivity contribution in [2.45, 2.75) is 13.8 Å². The van der Waals surface area contributed by atoms with Crippen LogP contribution in [0.5, 0.6) is 5.75 Å². The molecule has 3 rings (SSSR count). The van der Waals surface area contributed by atoms with Crippen molar-refractivity contribution >= 4 is 33.7 Å². The Morgan fingerprint density at radius 3 is 2.54 bits per heavy atom. The highest BCUT2D eigenvalue weighted by Gasteiger charge is 2.22. The lowest BCUT2D eigenvalue weighted by Crippen LogP contribution is -1.97. The summed E-state index contributed by atoms with van der Waals surface area (Å²) >= 11 is 3.45. The fourth-order valence-corrected chi connectivity index (χ4v) is 3.04. The Hall–Kier alpha value is -2.33. The minimum absolute atomic E-state index is 0.338. The molecule has 0 fully saturated rings. The van der Waals surface area contributed by atoms with Gasteiger partial charge in [-0.15, -0.1) is 0 Å². The molecule has 3 nitrogen and oxygen atoms in total. The minimum atomic E-state index is -0.338. The predicted octanol–water partition coefficient (Wildman–Crippen LogP) is 5.06. The number of aryl methyl sites for hydroxylation is 2. The van der Waals surface area contributed by atoms with Gasteiger partial charge in [-0.1, -0.05) is 18.2 Å². The van der Waals surface area contributed by atoms with E-state index in [2.05, 4.69) is 22.9 Å². The summed E-state index contributed by atoms with van der Waals surface area (Å²) in [7, 11) is 1.62. The molecule has 122 valence electrons. The van der Waals surface area contributed by atoms with E-state index in [1.807, 2.05) is 43.3 Å². The van der Waals surface area contributed by atoms with E-state index in [0.717, 1.165) is 21.3 Å². The van der Waals surface area contributed by atoms with Gasteiger partial charge in [-0.2, -0.15) is 0 Å². The number of rotatable bonds is 3. The topological polar surface area (TPSA) is 35.5 Å². The SMILES string of the molecule is COc1ccc(/C=C2\C=C(c3ccc(C)c(C)c3)OC2=O)cc1Br. The Morgan fingerprint density at radius 2 is 1.88 bits per heavy atom. The van der Waals surface area contributed by atoms with Crippen molar-refractivity contribution in [3.63, 3.8) is 0 Å². The Labute approximate surface area is 149 Å². The average molecular weight is 385 g/mol. The number of carbonyl (C=O) groups excluding carboxylic acids is 1. The number of methoxy groups -OCH3 is 1. The summed E-state index contributed by atoms with van der Waals surface area (Å²) < 4.78 is 11.5. The lowest BCUT2D eigenvalue weighted by atomic mass is 10.0. The molecule has 0 aliphatic carbocycles. The lowest BCUT2D eigenvalue weighted by Gasteiger charge is -2.05. The number of esters is 1. The van der Waals surface area contributed by atoms with E-state index in [1.54, 1.807) is 19.3 Å². The molecule has 1 aliphatic rings. The van der Waals surface area contributed by atoms with Gasteiger partial charge in [-0.3, -0.25) is 0 Å². The molecule has 0 spiro atoms. The summed E-state index contributed by atoms with van der Waals surface area (Å²) in [6.07, 6.45) is 3.59. The molecule has 1 heterocycles. The van der Waals surface area contributed by atoms with Crippen molar-refractivity contribution in [2.75, 3.05) is 7.11 Å². The van der Waals surface area contributed by atoms with Crippen LogP contribution in [0.4, 0.5) is 0 Å². The Balaban J connectivity index is 1.93. The lowest BCUT2D eigenvalue weighted by molar-refractivity contribution is -0.130. The first kappa shape index (κ1) is 16.5. The highest BCUT2D eigenvalue weighted by molar-refractivity contribution is 9.10. The first-order valence-electron chi connectivity index (χ1n) is 7.54. The van der Waals surface area contributed by atoms with Crippen LogP contribution in [0, 0.1) is 13.8 Å². The number of hydrogen-bond donors (Lipinski definition) is 0. The van der Waals surface area contributed by atoms with Crippen LogP contribution in [0.25, 0.3) is 11.8 Å². The van der Waals surface area contributed by atoms with Crippen LogP contribution in [0.15, 0.2) is 52.5 Å². The molecule has 4 heteroatoms. The summed E-state index contributed by atoms with van der Waals surface area (Å²) in [6.45, 7) is 4.10. The van der Waals surface area contributed by atoms with Crippen molar-refractivity contribution < 1.29 is 14.3 Å². The molecule has 2 aromatic carbocycles. The molecular weight excluding hydrogens is 368 g/mol. The van der Waals surface area contributed by atoms with Gasteiger partial charge in [0.05, 0.1) is 17.2 Å². The van der Waals surface area contributed by atoms with Gasteiger partial charge in [0.1, 0.15) is 11.5 Å². The van der Waals surface area contributed by atoms with Gasteiger partial charge in [0.2, 0.25) is 0 Å². The maximum atomic E-state index is 12.1. The van der Waals surface area contributed by atoms with Gasteiger partial charge in [0.25, 0.3) is 0 Å². The molecule has 0 amide bonds. The average Bonchev–Trinajstić information content (AvgIpc) is 2.91. The third-order valence-corrected chi connectivity index (χ3v) is 4.63. The summed E-state index contributed by atoms with van der Waals surface area (Å²) in [5.74, 6) is 0.995.